The molecule has 0 aromatic heterocycles. The van der Waals surface area contributed by atoms with Gasteiger partial charge < -0.3 is 10.5 Å². The third-order valence-electron chi connectivity index (χ3n) is 3.68. The number of cyclic esters (lactones) is 1. The van der Waals surface area contributed by atoms with Gasteiger partial charge in [0, 0.05) is 6.42 Å². The van der Waals surface area contributed by atoms with Crippen LogP contribution in [0.2, 0.25) is 0 Å². The SMILES string of the molecule is Cc1ccc2ccccc2c1C1(N)CCOC1=O. The van der Waals surface area contributed by atoms with Crippen molar-refractivity contribution in [2.75, 3.05) is 6.61 Å². The average Bonchev–Trinajstić information content (AvgIpc) is 2.70. The molecule has 2 aromatic rings. The van der Waals surface area contributed by atoms with Crippen molar-refractivity contribution in [3.05, 3.63) is 47.5 Å². The van der Waals surface area contributed by atoms with E-state index in [9.17, 15) is 4.79 Å². The zero-order valence-electron chi connectivity index (χ0n) is 10.3. The van der Waals surface area contributed by atoms with Crippen LogP contribution in [0.4, 0.5) is 0 Å². The largest absolute Gasteiger partial charge is 0.464 e. The first kappa shape index (κ1) is 11.2. The number of aryl methyl sites for hydroxylation is 1. The highest BCUT2D eigenvalue weighted by Gasteiger charge is 2.44. The first-order valence-corrected chi connectivity index (χ1v) is 6.08. The van der Waals surface area contributed by atoms with Gasteiger partial charge in [0.05, 0.1) is 6.61 Å². The van der Waals surface area contributed by atoms with Gasteiger partial charge in [0.15, 0.2) is 0 Å². The molecule has 1 fully saturated rings. The molecule has 0 spiro atoms. The summed E-state index contributed by atoms with van der Waals surface area (Å²) in [7, 11) is 0. The Labute approximate surface area is 106 Å². The molecule has 0 saturated carbocycles. The molecular formula is C15H15NO2. The summed E-state index contributed by atoms with van der Waals surface area (Å²) in [5.41, 5.74) is 7.26. The maximum absolute atomic E-state index is 11.9. The molecule has 18 heavy (non-hydrogen) atoms. The van der Waals surface area contributed by atoms with Crippen LogP contribution in [0.3, 0.4) is 0 Å². The van der Waals surface area contributed by atoms with Gasteiger partial charge in [-0.25, -0.2) is 4.79 Å². The minimum absolute atomic E-state index is 0.318. The molecule has 0 aliphatic carbocycles. The van der Waals surface area contributed by atoms with Gasteiger partial charge in [0.2, 0.25) is 0 Å². The van der Waals surface area contributed by atoms with Crippen LogP contribution in [0, 0.1) is 6.92 Å². The van der Waals surface area contributed by atoms with E-state index in [4.69, 9.17) is 10.5 Å². The number of hydrogen-bond acceptors (Lipinski definition) is 3. The summed E-state index contributed by atoms with van der Waals surface area (Å²) in [5, 5.41) is 2.14. The minimum atomic E-state index is -0.995. The number of carbonyl (C=O) groups is 1. The second-order valence-corrected chi connectivity index (χ2v) is 4.84. The fourth-order valence-electron chi connectivity index (χ4n) is 2.74. The molecule has 1 heterocycles. The number of esters is 1. The summed E-state index contributed by atoms with van der Waals surface area (Å²) in [6.45, 7) is 2.39. The number of ether oxygens (including phenoxy) is 1. The third-order valence-corrected chi connectivity index (χ3v) is 3.68. The lowest BCUT2D eigenvalue weighted by molar-refractivity contribution is -0.142. The van der Waals surface area contributed by atoms with Crippen LogP contribution in [0.5, 0.6) is 0 Å². The molecule has 3 nitrogen and oxygen atoms in total. The number of rotatable bonds is 1. The zero-order chi connectivity index (χ0) is 12.8. The molecule has 1 unspecified atom stereocenters. The van der Waals surface area contributed by atoms with E-state index in [1.165, 1.54) is 0 Å². The first-order chi connectivity index (χ1) is 8.63. The lowest BCUT2D eigenvalue weighted by Gasteiger charge is -2.23. The topological polar surface area (TPSA) is 52.3 Å². The number of benzene rings is 2. The fourth-order valence-corrected chi connectivity index (χ4v) is 2.74. The fraction of sp³-hybridized carbons (Fsp3) is 0.267. The number of carbonyl (C=O) groups excluding carboxylic acids is 1. The normalized spacial score (nSPS) is 23.3. The van der Waals surface area contributed by atoms with Gasteiger partial charge in [0.25, 0.3) is 0 Å². The Morgan fingerprint density at radius 1 is 1.22 bits per heavy atom. The number of fused-ring (bicyclic) bond motifs is 1. The highest BCUT2D eigenvalue weighted by molar-refractivity contribution is 5.95. The van der Waals surface area contributed by atoms with Crippen molar-refractivity contribution in [2.45, 2.75) is 18.9 Å². The van der Waals surface area contributed by atoms with E-state index in [2.05, 4.69) is 6.07 Å². The van der Waals surface area contributed by atoms with Crippen molar-refractivity contribution in [3.63, 3.8) is 0 Å². The molecule has 92 valence electrons. The van der Waals surface area contributed by atoms with Gasteiger partial charge in [-0.05, 0) is 28.8 Å². The Kier molecular flexibility index (Phi) is 2.38. The highest BCUT2D eigenvalue weighted by atomic mass is 16.5. The highest BCUT2D eigenvalue weighted by Crippen LogP contribution is 2.36. The molecule has 1 saturated heterocycles. The van der Waals surface area contributed by atoms with Crippen molar-refractivity contribution >= 4 is 16.7 Å². The van der Waals surface area contributed by atoms with Crippen LogP contribution in [-0.4, -0.2) is 12.6 Å². The van der Waals surface area contributed by atoms with Crippen molar-refractivity contribution in [1.82, 2.24) is 0 Å². The summed E-state index contributed by atoms with van der Waals surface area (Å²) >= 11 is 0. The second kappa shape index (κ2) is 3.82. The molecular weight excluding hydrogens is 226 g/mol. The summed E-state index contributed by atoms with van der Waals surface area (Å²) in [5.74, 6) is -0.318. The molecule has 3 rings (SSSR count). The van der Waals surface area contributed by atoms with Crippen molar-refractivity contribution in [1.29, 1.82) is 0 Å². The molecule has 0 bridgehead atoms. The monoisotopic (exact) mass is 241 g/mol. The summed E-state index contributed by atoms with van der Waals surface area (Å²) in [4.78, 5) is 11.9. The smallest absolute Gasteiger partial charge is 0.330 e. The Morgan fingerprint density at radius 2 is 2.00 bits per heavy atom. The van der Waals surface area contributed by atoms with Crippen LogP contribution in [-0.2, 0) is 15.1 Å². The zero-order valence-corrected chi connectivity index (χ0v) is 10.3. The van der Waals surface area contributed by atoms with E-state index >= 15 is 0 Å². The second-order valence-electron chi connectivity index (χ2n) is 4.84. The van der Waals surface area contributed by atoms with Crippen molar-refractivity contribution in [3.8, 4) is 0 Å². The molecule has 0 radical (unpaired) electrons. The van der Waals surface area contributed by atoms with Crippen molar-refractivity contribution < 1.29 is 9.53 Å². The van der Waals surface area contributed by atoms with E-state index in [1.807, 2.05) is 37.3 Å². The van der Waals surface area contributed by atoms with Gasteiger partial charge in [-0.3, -0.25) is 0 Å². The lowest BCUT2D eigenvalue weighted by Crippen LogP contribution is -2.42. The van der Waals surface area contributed by atoms with Crippen molar-refractivity contribution in [2.24, 2.45) is 5.73 Å². The molecule has 1 atom stereocenters. The predicted molar refractivity (Wildman–Crippen MR) is 70.1 cm³/mol. The molecule has 1 aliphatic rings. The molecule has 0 amide bonds. The van der Waals surface area contributed by atoms with Crippen LogP contribution in [0.25, 0.3) is 10.8 Å². The summed E-state index contributed by atoms with van der Waals surface area (Å²) in [6, 6.07) is 12.1. The van der Waals surface area contributed by atoms with Gasteiger partial charge in [0.1, 0.15) is 5.54 Å². The quantitative estimate of drug-likeness (QED) is 0.779. The average molecular weight is 241 g/mol. The summed E-state index contributed by atoms with van der Waals surface area (Å²) < 4.78 is 5.06. The molecule has 1 aliphatic heterocycles. The third kappa shape index (κ3) is 1.44. The minimum Gasteiger partial charge on any atom is -0.464 e. The first-order valence-electron chi connectivity index (χ1n) is 6.08. The van der Waals surface area contributed by atoms with Gasteiger partial charge in [-0.2, -0.15) is 0 Å². The Balaban J connectivity index is 2.34. The Morgan fingerprint density at radius 3 is 2.72 bits per heavy atom. The van der Waals surface area contributed by atoms with E-state index in [-0.39, 0.29) is 5.97 Å². The van der Waals surface area contributed by atoms with Crippen LogP contribution < -0.4 is 5.73 Å². The van der Waals surface area contributed by atoms with E-state index in [0.29, 0.717) is 13.0 Å². The van der Waals surface area contributed by atoms with E-state index in [1.54, 1.807) is 0 Å². The standard InChI is InChI=1S/C15H15NO2/c1-10-6-7-11-4-2-3-5-12(11)13(10)15(16)8-9-18-14(15)17/h2-7H,8-9,16H2,1H3. The summed E-state index contributed by atoms with van der Waals surface area (Å²) in [6.07, 6.45) is 0.542. The Bertz CT molecular complexity index is 635. The number of nitrogens with two attached hydrogens (primary N) is 1. The van der Waals surface area contributed by atoms with Crippen LogP contribution in [0.1, 0.15) is 17.5 Å². The van der Waals surface area contributed by atoms with Gasteiger partial charge in [-0.1, -0.05) is 36.4 Å². The number of hydrogen-bond donors (Lipinski definition) is 1. The predicted octanol–water partition coefficient (Wildman–Crippen LogP) is 2.25. The van der Waals surface area contributed by atoms with Crippen LogP contribution >= 0.6 is 0 Å². The van der Waals surface area contributed by atoms with Gasteiger partial charge in [-0.15, -0.1) is 0 Å². The molecule has 2 N–H and O–H groups in total. The molecule has 3 heteroatoms. The maximum Gasteiger partial charge on any atom is 0.330 e. The van der Waals surface area contributed by atoms with Crippen LogP contribution in [0.15, 0.2) is 36.4 Å². The van der Waals surface area contributed by atoms with E-state index in [0.717, 1.165) is 21.9 Å². The molecule has 2 aromatic carbocycles. The van der Waals surface area contributed by atoms with E-state index < -0.39 is 5.54 Å². The Hall–Kier alpha value is -1.87. The maximum atomic E-state index is 11.9. The lowest BCUT2D eigenvalue weighted by atomic mass is 9.83. The van der Waals surface area contributed by atoms with Gasteiger partial charge >= 0.3 is 5.97 Å².